The summed E-state index contributed by atoms with van der Waals surface area (Å²) in [6.07, 6.45) is -0.902. The fourth-order valence-corrected chi connectivity index (χ4v) is 1.79. The van der Waals surface area contributed by atoms with E-state index < -0.39 is 6.10 Å². The van der Waals surface area contributed by atoms with Crippen molar-refractivity contribution in [1.29, 1.82) is 0 Å². The number of thioether (sulfide) groups is 1. The molecule has 5 nitrogen and oxygen atoms in total. The molecule has 1 amide bonds. The lowest BCUT2D eigenvalue weighted by Gasteiger charge is -2.07. The number of Topliss-reactive ketones (excluding diaryl/α,β-unsaturated/α-hetero) is 1. The molecule has 0 aromatic rings. The maximum absolute atomic E-state index is 11.3. The first-order valence-corrected chi connectivity index (χ1v) is 5.98. The summed E-state index contributed by atoms with van der Waals surface area (Å²) in [4.78, 5) is 32.4. The van der Waals surface area contributed by atoms with E-state index in [1.165, 1.54) is 13.8 Å². The molecule has 1 atom stereocenters. The summed E-state index contributed by atoms with van der Waals surface area (Å²) in [5.41, 5.74) is 0. The first kappa shape index (κ1) is 15.1. The molecule has 0 fully saturated rings. The molecule has 92 valence electrons. The number of aliphatic hydroxyl groups excluding tert-OH is 1. The first-order chi connectivity index (χ1) is 7.41. The second-order valence-electron chi connectivity index (χ2n) is 3.47. The molecule has 0 rings (SSSR count). The second kappa shape index (κ2) is 8.29. The molecule has 2 N–H and O–H groups in total. The van der Waals surface area contributed by atoms with E-state index >= 15 is 0 Å². The lowest BCUT2D eigenvalue weighted by Crippen LogP contribution is -2.23. The molecule has 0 saturated carbocycles. The van der Waals surface area contributed by atoms with Crippen LogP contribution in [0.15, 0.2) is 0 Å². The number of hydrogen-bond donors (Lipinski definition) is 2. The van der Waals surface area contributed by atoms with Crippen LogP contribution in [0.2, 0.25) is 0 Å². The van der Waals surface area contributed by atoms with Crippen LogP contribution in [0.5, 0.6) is 0 Å². The molecule has 0 aliphatic carbocycles. The summed E-state index contributed by atoms with van der Waals surface area (Å²) < 4.78 is 0. The monoisotopic (exact) mass is 247 g/mol. The van der Waals surface area contributed by atoms with Crippen LogP contribution >= 0.6 is 11.8 Å². The molecule has 6 heteroatoms. The molecular weight excluding hydrogens is 230 g/mol. The van der Waals surface area contributed by atoms with Gasteiger partial charge in [-0.3, -0.25) is 14.4 Å². The number of hydrogen-bond acceptors (Lipinski definition) is 5. The van der Waals surface area contributed by atoms with Crippen molar-refractivity contribution in [3.05, 3.63) is 0 Å². The van der Waals surface area contributed by atoms with Crippen molar-refractivity contribution in [2.45, 2.75) is 32.8 Å². The van der Waals surface area contributed by atoms with Crippen LogP contribution in [0.3, 0.4) is 0 Å². The normalized spacial score (nSPS) is 11.9. The molecule has 0 spiro atoms. The van der Waals surface area contributed by atoms with Crippen LogP contribution in [0.4, 0.5) is 0 Å². The fourth-order valence-electron chi connectivity index (χ4n) is 1.05. The molecule has 0 saturated heterocycles. The molecule has 0 unspecified atom stereocenters. The van der Waals surface area contributed by atoms with E-state index in [4.69, 9.17) is 0 Å². The van der Waals surface area contributed by atoms with Gasteiger partial charge in [0.2, 0.25) is 5.91 Å². The molecule has 0 heterocycles. The zero-order chi connectivity index (χ0) is 12.6. The highest BCUT2D eigenvalue weighted by molar-refractivity contribution is 8.13. The van der Waals surface area contributed by atoms with E-state index in [1.807, 2.05) is 0 Å². The number of rotatable bonds is 7. The average molecular weight is 247 g/mol. The van der Waals surface area contributed by atoms with Crippen molar-refractivity contribution in [2.24, 2.45) is 0 Å². The Kier molecular flexibility index (Phi) is 7.84. The highest BCUT2D eigenvalue weighted by atomic mass is 32.2. The zero-order valence-electron chi connectivity index (χ0n) is 9.49. The number of aliphatic hydroxyl groups is 1. The topological polar surface area (TPSA) is 83.5 Å². The lowest BCUT2D eigenvalue weighted by atomic mass is 10.1. The number of nitrogens with one attached hydrogen (secondary N) is 1. The van der Waals surface area contributed by atoms with E-state index in [0.717, 1.165) is 11.8 Å². The third kappa shape index (κ3) is 9.67. The minimum absolute atomic E-state index is 0.0119. The molecule has 0 aliphatic rings. The van der Waals surface area contributed by atoms with Crippen LogP contribution in [-0.4, -0.2) is 40.3 Å². The summed E-state index contributed by atoms with van der Waals surface area (Å²) >= 11 is 1.05. The SMILES string of the molecule is CC(=O)C[C@H](O)CC(=O)SCCNC(C)=O. The predicted octanol–water partition coefficient (Wildman–Crippen LogP) is 0.112. The number of ketones is 1. The summed E-state index contributed by atoms with van der Waals surface area (Å²) in [6.45, 7) is 3.20. The van der Waals surface area contributed by atoms with Crippen LogP contribution < -0.4 is 5.32 Å². The van der Waals surface area contributed by atoms with Gasteiger partial charge in [-0.05, 0) is 6.92 Å². The summed E-state index contributed by atoms with van der Waals surface area (Å²) in [6, 6.07) is 0. The summed E-state index contributed by atoms with van der Waals surface area (Å²) in [5.74, 6) is 0.207. The Balaban J connectivity index is 3.58. The molecule has 16 heavy (non-hydrogen) atoms. The van der Waals surface area contributed by atoms with Crippen LogP contribution in [0.1, 0.15) is 26.7 Å². The Bertz CT molecular complexity index is 268. The van der Waals surface area contributed by atoms with E-state index in [2.05, 4.69) is 5.32 Å². The van der Waals surface area contributed by atoms with Crippen molar-refractivity contribution in [3.63, 3.8) is 0 Å². The third-order valence-corrected chi connectivity index (χ3v) is 2.56. The Morgan fingerprint density at radius 3 is 2.38 bits per heavy atom. The predicted molar refractivity (Wildman–Crippen MR) is 62.1 cm³/mol. The number of carbonyl (C=O) groups is 3. The van der Waals surface area contributed by atoms with Gasteiger partial charge < -0.3 is 10.4 Å². The van der Waals surface area contributed by atoms with Gasteiger partial charge in [-0.15, -0.1) is 0 Å². The van der Waals surface area contributed by atoms with E-state index in [0.29, 0.717) is 12.3 Å². The van der Waals surface area contributed by atoms with Crippen molar-refractivity contribution < 1.29 is 19.5 Å². The van der Waals surface area contributed by atoms with Crippen molar-refractivity contribution in [1.82, 2.24) is 5.32 Å². The third-order valence-electron chi connectivity index (χ3n) is 1.66. The van der Waals surface area contributed by atoms with Crippen molar-refractivity contribution in [2.75, 3.05) is 12.3 Å². The summed E-state index contributed by atoms with van der Waals surface area (Å²) in [5, 5.41) is 11.7. The molecule has 0 bridgehead atoms. The van der Waals surface area contributed by atoms with E-state index in [-0.39, 0.29) is 29.6 Å². The van der Waals surface area contributed by atoms with Gasteiger partial charge in [-0.2, -0.15) is 0 Å². The average Bonchev–Trinajstić information content (AvgIpc) is 2.10. The van der Waals surface area contributed by atoms with Gasteiger partial charge >= 0.3 is 0 Å². The van der Waals surface area contributed by atoms with Crippen LogP contribution in [-0.2, 0) is 14.4 Å². The largest absolute Gasteiger partial charge is 0.392 e. The van der Waals surface area contributed by atoms with Gasteiger partial charge in [-0.1, -0.05) is 11.8 Å². The van der Waals surface area contributed by atoms with Gasteiger partial charge in [0.15, 0.2) is 5.12 Å². The fraction of sp³-hybridized carbons (Fsp3) is 0.700. The van der Waals surface area contributed by atoms with E-state index in [1.54, 1.807) is 0 Å². The minimum atomic E-state index is -0.890. The minimum Gasteiger partial charge on any atom is -0.392 e. The highest BCUT2D eigenvalue weighted by Crippen LogP contribution is 2.09. The highest BCUT2D eigenvalue weighted by Gasteiger charge is 2.12. The molecule has 0 radical (unpaired) electrons. The van der Waals surface area contributed by atoms with Crippen molar-refractivity contribution >= 4 is 28.6 Å². The quantitative estimate of drug-likeness (QED) is 0.624. The van der Waals surface area contributed by atoms with Gasteiger partial charge in [0.25, 0.3) is 0 Å². The standard InChI is InChI=1S/C10H17NO4S/c1-7(12)5-9(14)6-10(15)16-4-3-11-8(2)13/h9,14H,3-6H2,1-2H3,(H,11,13)/t9-/m0/s1. The summed E-state index contributed by atoms with van der Waals surface area (Å²) in [7, 11) is 0. The Hall–Kier alpha value is -0.880. The molecule has 0 aliphatic heterocycles. The second-order valence-corrected chi connectivity index (χ2v) is 4.62. The first-order valence-electron chi connectivity index (χ1n) is 4.99. The van der Waals surface area contributed by atoms with Crippen LogP contribution in [0.25, 0.3) is 0 Å². The van der Waals surface area contributed by atoms with Crippen LogP contribution in [0, 0.1) is 0 Å². The van der Waals surface area contributed by atoms with Gasteiger partial charge in [-0.25, -0.2) is 0 Å². The Labute approximate surface area is 99.0 Å². The molecular formula is C10H17NO4S. The molecule has 0 aromatic carbocycles. The Morgan fingerprint density at radius 2 is 1.88 bits per heavy atom. The van der Waals surface area contributed by atoms with E-state index in [9.17, 15) is 19.5 Å². The maximum Gasteiger partial charge on any atom is 0.216 e. The molecule has 0 aromatic heterocycles. The Morgan fingerprint density at radius 1 is 1.25 bits per heavy atom. The number of carbonyl (C=O) groups excluding carboxylic acids is 3. The zero-order valence-corrected chi connectivity index (χ0v) is 10.3. The van der Waals surface area contributed by atoms with Crippen molar-refractivity contribution in [3.8, 4) is 0 Å². The van der Waals surface area contributed by atoms with Gasteiger partial charge in [0.1, 0.15) is 5.78 Å². The number of amides is 1. The smallest absolute Gasteiger partial charge is 0.216 e. The lowest BCUT2D eigenvalue weighted by molar-refractivity contribution is -0.120. The van der Waals surface area contributed by atoms with Gasteiger partial charge in [0.05, 0.1) is 6.10 Å². The maximum atomic E-state index is 11.3. The van der Waals surface area contributed by atoms with Gasteiger partial charge in [0, 0.05) is 32.1 Å².